The summed E-state index contributed by atoms with van der Waals surface area (Å²) >= 11 is 0. The quantitative estimate of drug-likeness (QED) is 0.203. The normalized spacial score (nSPS) is 12.0. The zero-order valence-corrected chi connectivity index (χ0v) is 18.9. The Balaban J connectivity index is 1.45. The van der Waals surface area contributed by atoms with Gasteiger partial charge in [0.2, 0.25) is 0 Å². The van der Waals surface area contributed by atoms with Crippen LogP contribution < -0.4 is 5.32 Å². The molecule has 0 atom stereocenters. The Labute approximate surface area is 191 Å². The number of fused-ring (bicyclic) bond motifs is 2. The van der Waals surface area contributed by atoms with Crippen molar-refractivity contribution < 1.29 is 19.1 Å². The lowest BCUT2D eigenvalue weighted by Gasteiger charge is -2.19. The monoisotopic (exact) mass is 439 g/mol. The number of hydrogen-bond acceptors (Lipinski definition) is 4. The van der Waals surface area contributed by atoms with E-state index < -0.39 is 17.7 Å². The Morgan fingerprint density at radius 2 is 1.33 bits per heavy atom. The third-order valence-corrected chi connectivity index (χ3v) is 5.78. The Hall–Kier alpha value is -3.86. The van der Waals surface area contributed by atoms with Gasteiger partial charge in [-0.15, -0.1) is 0 Å². The summed E-state index contributed by atoms with van der Waals surface area (Å²) in [7, 11) is 0. The molecule has 1 N–H and O–H groups in total. The fraction of sp³-hybridized carbons (Fsp3) is 0.214. The molecule has 1 amide bonds. The molecule has 0 unspecified atom stereocenters. The van der Waals surface area contributed by atoms with Crippen molar-refractivity contribution in [1.82, 2.24) is 5.32 Å². The zero-order valence-electron chi connectivity index (χ0n) is 18.9. The van der Waals surface area contributed by atoms with Gasteiger partial charge in [0.25, 0.3) is 0 Å². The van der Waals surface area contributed by atoms with Crippen molar-refractivity contribution in [3.8, 4) is 0 Å². The highest BCUT2D eigenvalue weighted by Gasteiger charge is 2.18. The van der Waals surface area contributed by atoms with Crippen molar-refractivity contribution in [1.29, 1.82) is 0 Å². The van der Waals surface area contributed by atoms with Crippen LogP contribution in [0.25, 0.3) is 43.1 Å². The van der Waals surface area contributed by atoms with Gasteiger partial charge in [0.1, 0.15) is 18.8 Å². The molecule has 5 rings (SSSR count). The predicted molar refractivity (Wildman–Crippen MR) is 132 cm³/mol. The molecule has 0 aliphatic heterocycles. The van der Waals surface area contributed by atoms with Gasteiger partial charge in [0.05, 0.1) is 0 Å². The van der Waals surface area contributed by atoms with E-state index in [9.17, 15) is 9.59 Å². The lowest BCUT2D eigenvalue weighted by molar-refractivity contribution is -0.143. The second kappa shape index (κ2) is 7.93. The second-order valence-corrected chi connectivity index (χ2v) is 9.23. The Kier molecular flexibility index (Phi) is 5.05. The number of esters is 1. The molecule has 0 aliphatic rings. The third kappa shape index (κ3) is 3.91. The maximum absolute atomic E-state index is 12.2. The van der Waals surface area contributed by atoms with Crippen LogP contribution in [0.15, 0.2) is 66.7 Å². The van der Waals surface area contributed by atoms with Gasteiger partial charge in [-0.05, 0) is 69.4 Å². The highest BCUT2D eigenvalue weighted by Crippen LogP contribution is 2.40. The molecular weight excluding hydrogens is 414 g/mol. The van der Waals surface area contributed by atoms with E-state index in [0.29, 0.717) is 0 Å². The van der Waals surface area contributed by atoms with E-state index in [2.05, 4.69) is 59.9 Å². The first-order valence-electron chi connectivity index (χ1n) is 11.0. The molecule has 166 valence electrons. The van der Waals surface area contributed by atoms with E-state index in [1.807, 2.05) is 12.1 Å². The number of ether oxygens (including phenoxy) is 2. The Morgan fingerprint density at radius 3 is 2.00 bits per heavy atom. The summed E-state index contributed by atoms with van der Waals surface area (Å²) in [5.74, 6) is -0.517. The molecule has 0 saturated heterocycles. The fourth-order valence-electron chi connectivity index (χ4n) is 4.50. The SMILES string of the molecule is CC(C)(C)OC(=O)NCC(=O)OCc1ccc2c3cccc4cccc(c5cccc1c52)c43. The van der Waals surface area contributed by atoms with Crippen LogP contribution in [0, 0.1) is 0 Å². The molecule has 0 saturated carbocycles. The predicted octanol–water partition coefficient (Wildman–Crippen LogP) is 6.31. The summed E-state index contributed by atoms with van der Waals surface area (Å²) in [6, 6.07) is 23.2. The number of carbonyl (C=O) groups excluding carboxylic acids is 2. The molecule has 33 heavy (non-hydrogen) atoms. The van der Waals surface area contributed by atoms with Gasteiger partial charge in [0.15, 0.2) is 0 Å². The number of benzene rings is 5. The van der Waals surface area contributed by atoms with Crippen LogP contribution >= 0.6 is 0 Å². The van der Waals surface area contributed by atoms with E-state index >= 15 is 0 Å². The number of alkyl carbamates (subject to hydrolysis) is 1. The smallest absolute Gasteiger partial charge is 0.408 e. The van der Waals surface area contributed by atoms with Crippen LogP contribution in [-0.2, 0) is 20.9 Å². The standard InChI is InChI=1S/C28H25NO4/c1-28(2,3)33-27(31)29-15-24(30)32-16-18-13-14-23-21-11-5-8-17-7-4-10-20(25(17)21)22-12-6-9-19(18)26(22)23/h4-14H,15-16H2,1-3H3,(H,29,31). The minimum absolute atomic E-state index is 0.126. The summed E-state index contributed by atoms with van der Waals surface area (Å²) in [4.78, 5) is 24.0. The molecule has 0 spiro atoms. The zero-order chi connectivity index (χ0) is 23.2. The van der Waals surface area contributed by atoms with Crippen molar-refractivity contribution in [2.24, 2.45) is 0 Å². The van der Waals surface area contributed by atoms with Crippen molar-refractivity contribution in [3.05, 3.63) is 72.3 Å². The van der Waals surface area contributed by atoms with Crippen LogP contribution in [0.2, 0.25) is 0 Å². The molecule has 0 heterocycles. The summed E-state index contributed by atoms with van der Waals surface area (Å²) in [5, 5.41) is 12.0. The summed E-state index contributed by atoms with van der Waals surface area (Å²) in [5.41, 5.74) is 0.299. The number of nitrogens with one attached hydrogen (secondary N) is 1. The molecule has 5 heteroatoms. The minimum atomic E-state index is -0.645. The topological polar surface area (TPSA) is 64.6 Å². The highest BCUT2D eigenvalue weighted by atomic mass is 16.6. The fourth-order valence-corrected chi connectivity index (χ4v) is 4.50. The van der Waals surface area contributed by atoms with E-state index in [4.69, 9.17) is 9.47 Å². The van der Waals surface area contributed by atoms with Gasteiger partial charge >= 0.3 is 12.1 Å². The number of amides is 1. The first-order valence-corrected chi connectivity index (χ1v) is 11.0. The lowest BCUT2D eigenvalue weighted by atomic mass is 9.88. The number of rotatable bonds is 4. The summed E-state index contributed by atoms with van der Waals surface area (Å²) < 4.78 is 10.6. The molecule has 5 aromatic carbocycles. The molecule has 0 fully saturated rings. The molecule has 5 aromatic rings. The lowest BCUT2D eigenvalue weighted by Crippen LogP contribution is -2.36. The number of carbonyl (C=O) groups is 2. The molecule has 0 bridgehead atoms. The third-order valence-electron chi connectivity index (χ3n) is 5.78. The summed E-state index contributed by atoms with van der Waals surface area (Å²) in [6.45, 7) is 5.18. The molecule has 0 aliphatic carbocycles. The van der Waals surface area contributed by atoms with Crippen LogP contribution in [0.5, 0.6) is 0 Å². The summed E-state index contributed by atoms with van der Waals surface area (Å²) in [6.07, 6.45) is -0.645. The van der Waals surface area contributed by atoms with Crippen molar-refractivity contribution in [3.63, 3.8) is 0 Å². The van der Waals surface area contributed by atoms with E-state index in [1.54, 1.807) is 20.8 Å². The largest absolute Gasteiger partial charge is 0.459 e. The Bertz CT molecular complexity index is 1460. The van der Waals surface area contributed by atoms with Gasteiger partial charge in [-0.3, -0.25) is 4.79 Å². The first-order chi connectivity index (χ1) is 15.8. The first kappa shape index (κ1) is 21.0. The molecule has 5 nitrogen and oxygen atoms in total. The highest BCUT2D eigenvalue weighted by molar-refractivity contribution is 6.33. The van der Waals surface area contributed by atoms with Gasteiger partial charge in [0, 0.05) is 0 Å². The molecule has 0 aromatic heterocycles. The van der Waals surface area contributed by atoms with Gasteiger partial charge in [-0.2, -0.15) is 0 Å². The van der Waals surface area contributed by atoms with Crippen LogP contribution in [0.1, 0.15) is 26.3 Å². The van der Waals surface area contributed by atoms with Crippen LogP contribution in [-0.4, -0.2) is 24.2 Å². The van der Waals surface area contributed by atoms with E-state index in [-0.39, 0.29) is 13.2 Å². The average molecular weight is 440 g/mol. The van der Waals surface area contributed by atoms with E-state index in [0.717, 1.165) is 10.9 Å². The van der Waals surface area contributed by atoms with Gasteiger partial charge in [-0.25, -0.2) is 4.79 Å². The maximum atomic E-state index is 12.2. The van der Waals surface area contributed by atoms with E-state index in [1.165, 1.54) is 37.7 Å². The Morgan fingerprint density at radius 1 is 0.758 bits per heavy atom. The minimum Gasteiger partial charge on any atom is -0.459 e. The number of hydrogen-bond donors (Lipinski definition) is 1. The van der Waals surface area contributed by atoms with Crippen molar-refractivity contribution >= 4 is 55.2 Å². The van der Waals surface area contributed by atoms with Crippen LogP contribution in [0.3, 0.4) is 0 Å². The molecular formula is C28H25NO4. The average Bonchev–Trinajstić information content (AvgIpc) is 2.78. The second-order valence-electron chi connectivity index (χ2n) is 9.23. The van der Waals surface area contributed by atoms with Gasteiger partial charge in [-0.1, -0.05) is 66.7 Å². The van der Waals surface area contributed by atoms with Gasteiger partial charge < -0.3 is 14.8 Å². The molecule has 0 radical (unpaired) electrons. The van der Waals surface area contributed by atoms with Crippen molar-refractivity contribution in [2.75, 3.05) is 6.54 Å². The maximum Gasteiger partial charge on any atom is 0.408 e. The van der Waals surface area contributed by atoms with Crippen LogP contribution in [0.4, 0.5) is 4.79 Å². The van der Waals surface area contributed by atoms with Crippen molar-refractivity contribution in [2.45, 2.75) is 33.0 Å².